The molecule has 0 N–H and O–H groups in total. The van der Waals surface area contributed by atoms with Crippen LogP contribution in [0.3, 0.4) is 0 Å². The summed E-state index contributed by atoms with van der Waals surface area (Å²) in [4.78, 5) is 15.4. The smallest absolute Gasteiger partial charge is 0.416 e. The molecule has 0 fully saturated rings. The molecule has 1 aromatic carbocycles. The number of carbonyl (C=O) groups excluding carboxylic acids is 1. The Morgan fingerprint density at radius 1 is 1.14 bits per heavy atom. The molecule has 0 bridgehead atoms. The van der Waals surface area contributed by atoms with Crippen molar-refractivity contribution in [3.05, 3.63) is 52.7 Å². The van der Waals surface area contributed by atoms with Crippen LogP contribution in [0.15, 0.2) is 36.4 Å². The van der Waals surface area contributed by atoms with Crippen molar-refractivity contribution in [2.75, 3.05) is 7.11 Å². The third kappa shape index (κ3) is 3.33. The van der Waals surface area contributed by atoms with Gasteiger partial charge in [-0.3, -0.25) is 0 Å². The van der Waals surface area contributed by atoms with Gasteiger partial charge in [0.2, 0.25) is 0 Å². The Kier molecular flexibility index (Phi) is 4.18. The van der Waals surface area contributed by atoms with E-state index < -0.39 is 17.7 Å². The maximum absolute atomic E-state index is 12.5. The van der Waals surface area contributed by atoms with E-state index in [0.29, 0.717) is 5.56 Å². The van der Waals surface area contributed by atoms with Gasteiger partial charge in [-0.1, -0.05) is 23.7 Å². The van der Waals surface area contributed by atoms with Crippen molar-refractivity contribution in [1.82, 2.24) is 4.98 Å². The van der Waals surface area contributed by atoms with Gasteiger partial charge in [0.15, 0.2) is 0 Å². The number of esters is 1. The van der Waals surface area contributed by atoms with Gasteiger partial charge in [0.05, 0.1) is 23.4 Å². The quantitative estimate of drug-likeness (QED) is 0.779. The van der Waals surface area contributed by atoms with E-state index in [1.54, 1.807) is 0 Å². The molecule has 2 aromatic rings. The van der Waals surface area contributed by atoms with Gasteiger partial charge in [0.1, 0.15) is 5.69 Å². The van der Waals surface area contributed by atoms with Crippen molar-refractivity contribution in [2.45, 2.75) is 6.18 Å². The lowest BCUT2D eigenvalue weighted by Gasteiger charge is -2.09. The van der Waals surface area contributed by atoms with Crippen molar-refractivity contribution in [1.29, 1.82) is 0 Å². The van der Waals surface area contributed by atoms with Crippen LogP contribution in [0.25, 0.3) is 11.3 Å². The van der Waals surface area contributed by atoms with Crippen LogP contribution in [0.4, 0.5) is 13.2 Å². The van der Waals surface area contributed by atoms with Crippen molar-refractivity contribution in [3.8, 4) is 11.3 Å². The predicted molar refractivity (Wildman–Crippen MR) is 71.0 cm³/mol. The average molecular weight is 316 g/mol. The highest BCUT2D eigenvalue weighted by Gasteiger charge is 2.30. The molecule has 0 unspecified atom stereocenters. The first-order valence-corrected chi connectivity index (χ1v) is 6.13. The van der Waals surface area contributed by atoms with Crippen LogP contribution in [0, 0.1) is 0 Å². The van der Waals surface area contributed by atoms with Gasteiger partial charge >= 0.3 is 12.1 Å². The van der Waals surface area contributed by atoms with E-state index in [-0.39, 0.29) is 16.4 Å². The van der Waals surface area contributed by atoms with Crippen molar-refractivity contribution >= 4 is 17.6 Å². The number of ether oxygens (including phenoxy) is 1. The van der Waals surface area contributed by atoms with Crippen LogP contribution >= 0.6 is 11.6 Å². The average Bonchev–Trinajstić information content (AvgIpc) is 2.46. The Bertz CT molecular complexity index is 669. The van der Waals surface area contributed by atoms with Crippen molar-refractivity contribution in [2.24, 2.45) is 0 Å². The molecular formula is C14H9ClF3NO2. The second kappa shape index (κ2) is 5.73. The summed E-state index contributed by atoms with van der Waals surface area (Å²) in [6, 6.07) is 7.17. The summed E-state index contributed by atoms with van der Waals surface area (Å²) in [6.07, 6.45) is -4.41. The molecule has 21 heavy (non-hydrogen) atoms. The SMILES string of the molecule is COC(=O)c1ccc(Cl)c(-c2ccc(C(F)(F)F)cc2)n1. The summed E-state index contributed by atoms with van der Waals surface area (Å²) in [7, 11) is 1.20. The van der Waals surface area contributed by atoms with Crippen LogP contribution in [0.5, 0.6) is 0 Å². The normalized spacial score (nSPS) is 11.3. The Morgan fingerprint density at radius 2 is 1.76 bits per heavy atom. The number of hydrogen-bond acceptors (Lipinski definition) is 3. The fourth-order valence-corrected chi connectivity index (χ4v) is 1.89. The molecular weight excluding hydrogens is 307 g/mol. The topological polar surface area (TPSA) is 39.2 Å². The molecule has 0 spiro atoms. The van der Waals surface area contributed by atoms with Gasteiger partial charge < -0.3 is 4.74 Å². The molecule has 0 atom stereocenters. The highest BCUT2D eigenvalue weighted by Crippen LogP contribution is 2.32. The number of carbonyl (C=O) groups is 1. The van der Waals surface area contributed by atoms with Gasteiger partial charge in [-0.25, -0.2) is 9.78 Å². The van der Waals surface area contributed by atoms with Crippen LogP contribution in [0.2, 0.25) is 5.02 Å². The lowest BCUT2D eigenvalue weighted by Crippen LogP contribution is -2.06. The minimum atomic E-state index is -4.41. The van der Waals surface area contributed by atoms with E-state index in [1.807, 2.05) is 0 Å². The van der Waals surface area contributed by atoms with Crippen LogP contribution in [-0.2, 0) is 10.9 Å². The van der Waals surface area contributed by atoms with Crippen LogP contribution in [0.1, 0.15) is 16.1 Å². The predicted octanol–water partition coefficient (Wildman–Crippen LogP) is 4.21. The van der Waals surface area contributed by atoms with Crippen molar-refractivity contribution < 1.29 is 22.7 Å². The van der Waals surface area contributed by atoms with E-state index >= 15 is 0 Å². The maximum Gasteiger partial charge on any atom is 0.416 e. The summed E-state index contributed by atoms with van der Waals surface area (Å²) < 4.78 is 42.1. The molecule has 2 rings (SSSR count). The number of nitrogens with zero attached hydrogens (tertiary/aromatic N) is 1. The number of aromatic nitrogens is 1. The molecule has 0 amide bonds. The molecule has 0 aliphatic rings. The fourth-order valence-electron chi connectivity index (χ4n) is 1.68. The highest BCUT2D eigenvalue weighted by molar-refractivity contribution is 6.33. The molecule has 1 aromatic heterocycles. The first kappa shape index (κ1) is 15.3. The summed E-state index contributed by atoms with van der Waals surface area (Å²) in [5.41, 5.74) is -0.157. The number of rotatable bonds is 2. The van der Waals surface area contributed by atoms with E-state index in [9.17, 15) is 18.0 Å². The molecule has 3 nitrogen and oxygen atoms in total. The molecule has 0 saturated carbocycles. The molecule has 0 aliphatic carbocycles. The molecule has 7 heteroatoms. The number of halogens is 4. The summed E-state index contributed by atoms with van der Waals surface area (Å²) in [5.74, 6) is -0.653. The second-order valence-electron chi connectivity index (χ2n) is 4.09. The number of methoxy groups -OCH3 is 1. The Balaban J connectivity index is 2.44. The number of hydrogen-bond donors (Lipinski definition) is 0. The van der Waals surface area contributed by atoms with Gasteiger partial charge in [-0.15, -0.1) is 0 Å². The maximum atomic E-state index is 12.5. The molecule has 0 aliphatic heterocycles. The van der Waals surface area contributed by atoms with E-state index in [0.717, 1.165) is 12.1 Å². The Morgan fingerprint density at radius 3 is 2.29 bits per heavy atom. The number of benzene rings is 1. The minimum Gasteiger partial charge on any atom is -0.464 e. The third-order valence-corrected chi connectivity index (χ3v) is 3.03. The zero-order valence-electron chi connectivity index (χ0n) is 10.7. The third-order valence-electron chi connectivity index (χ3n) is 2.73. The summed E-state index contributed by atoms with van der Waals surface area (Å²) in [5, 5.41) is 0.224. The first-order chi connectivity index (χ1) is 9.82. The second-order valence-corrected chi connectivity index (χ2v) is 4.50. The summed E-state index contributed by atoms with van der Waals surface area (Å²) >= 11 is 5.97. The highest BCUT2D eigenvalue weighted by atomic mass is 35.5. The lowest BCUT2D eigenvalue weighted by molar-refractivity contribution is -0.137. The Hall–Kier alpha value is -2.08. The van der Waals surface area contributed by atoms with Gasteiger partial charge in [-0.05, 0) is 24.3 Å². The fraction of sp³-hybridized carbons (Fsp3) is 0.143. The number of pyridine rings is 1. The van der Waals surface area contributed by atoms with Gasteiger partial charge in [0.25, 0.3) is 0 Å². The van der Waals surface area contributed by atoms with E-state index in [1.165, 1.54) is 31.4 Å². The lowest BCUT2D eigenvalue weighted by atomic mass is 10.1. The zero-order valence-corrected chi connectivity index (χ0v) is 11.5. The van der Waals surface area contributed by atoms with Crippen LogP contribution < -0.4 is 0 Å². The number of alkyl halides is 3. The molecule has 1 heterocycles. The largest absolute Gasteiger partial charge is 0.464 e. The minimum absolute atomic E-state index is 0.0248. The van der Waals surface area contributed by atoms with Gasteiger partial charge in [-0.2, -0.15) is 13.2 Å². The molecule has 0 saturated heterocycles. The van der Waals surface area contributed by atoms with Gasteiger partial charge in [0, 0.05) is 5.56 Å². The molecule has 110 valence electrons. The van der Waals surface area contributed by atoms with Crippen LogP contribution in [-0.4, -0.2) is 18.1 Å². The monoisotopic (exact) mass is 315 g/mol. The van der Waals surface area contributed by atoms with Crippen molar-refractivity contribution in [3.63, 3.8) is 0 Å². The molecule has 0 radical (unpaired) electrons. The zero-order chi connectivity index (χ0) is 15.6. The Labute approximate surface area is 123 Å². The first-order valence-electron chi connectivity index (χ1n) is 5.75. The van der Waals surface area contributed by atoms with E-state index in [4.69, 9.17) is 11.6 Å². The van der Waals surface area contributed by atoms with E-state index in [2.05, 4.69) is 9.72 Å². The standard InChI is InChI=1S/C14H9ClF3NO2/c1-21-13(20)11-7-6-10(15)12(19-11)8-2-4-9(5-3-8)14(16,17)18/h2-7H,1H3. The summed E-state index contributed by atoms with van der Waals surface area (Å²) in [6.45, 7) is 0.